The van der Waals surface area contributed by atoms with Crippen molar-refractivity contribution in [1.29, 1.82) is 0 Å². The van der Waals surface area contributed by atoms with Gasteiger partial charge in [-0.15, -0.1) is 0 Å². The van der Waals surface area contributed by atoms with Gasteiger partial charge in [0.05, 0.1) is 0 Å². The van der Waals surface area contributed by atoms with Gasteiger partial charge in [-0.25, -0.2) is 4.39 Å². The van der Waals surface area contributed by atoms with Gasteiger partial charge in [0.2, 0.25) is 0 Å². The molecule has 142 valence electrons. The number of carbonyl (C=O) groups is 1. The Bertz CT molecular complexity index is 506. The Morgan fingerprint density at radius 2 is 2.04 bits per heavy atom. The normalized spacial score (nSPS) is 29.3. The van der Waals surface area contributed by atoms with Crippen LogP contribution in [0.25, 0.3) is 0 Å². The van der Waals surface area contributed by atoms with Crippen LogP contribution in [-0.4, -0.2) is 23.4 Å². The number of hydrogen-bond donors (Lipinski definition) is 1. The summed E-state index contributed by atoms with van der Waals surface area (Å²) in [4.78, 5) is 10.4. The summed E-state index contributed by atoms with van der Waals surface area (Å²) in [6.07, 6.45) is 10.6. The molecule has 1 aliphatic carbocycles. The summed E-state index contributed by atoms with van der Waals surface area (Å²) in [5.41, 5.74) is 0. The van der Waals surface area contributed by atoms with E-state index in [0.717, 1.165) is 19.3 Å². The van der Waals surface area contributed by atoms with Gasteiger partial charge < -0.3 is 19.7 Å². The molecule has 0 bridgehead atoms. The fourth-order valence-electron chi connectivity index (χ4n) is 3.90. The summed E-state index contributed by atoms with van der Waals surface area (Å²) in [6, 6.07) is 0. The van der Waals surface area contributed by atoms with E-state index in [1.54, 1.807) is 0 Å². The maximum Gasteiger partial charge on any atom is 1.00 e. The van der Waals surface area contributed by atoms with Gasteiger partial charge in [0.15, 0.2) is 11.9 Å². The molecule has 2 aliphatic rings. The molecule has 0 radical (unpaired) electrons. The van der Waals surface area contributed by atoms with Crippen molar-refractivity contribution in [2.45, 2.75) is 83.4 Å². The first-order chi connectivity index (χ1) is 12.0. The van der Waals surface area contributed by atoms with Crippen molar-refractivity contribution < 1.29 is 53.7 Å². The molecule has 0 amide bonds. The predicted octanol–water partition coefficient (Wildman–Crippen LogP) is 0.970. The second-order valence-electron chi connectivity index (χ2n) is 7.19. The number of unbranched alkanes of at least 4 members (excludes halogenated alkanes) is 4. The zero-order valence-corrected chi connectivity index (χ0v) is 18.1. The van der Waals surface area contributed by atoms with Crippen molar-refractivity contribution in [2.24, 2.45) is 11.8 Å². The summed E-state index contributed by atoms with van der Waals surface area (Å²) in [6.45, 7) is 2.19. The Morgan fingerprint density at radius 1 is 1.27 bits per heavy atom. The van der Waals surface area contributed by atoms with Crippen LogP contribution in [0.3, 0.4) is 0 Å². The number of allylic oxidation sites excluding steroid dienone is 4. The molecule has 0 aromatic rings. The van der Waals surface area contributed by atoms with Crippen molar-refractivity contribution >= 4 is 5.97 Å². The molecule has 2 fully saturated rings. The zero-order chi connectivity index (χ0) is 18.2. The van der Waals surface area contributed by atoms with Gasteiger partial charge >= 0.3 is 29.6 Å². The van der Waals surface area contributed by atoms with Crippen LogP contribution in [0.1, 0.15) is 71.1 Å². The number of hydrogen-bond acceptors (Lipinski definition) is 4. The summed E-state index contributed by atoms with van der Waals surface area (Å²) < 4.78 is 20.5. The largest absolute Gasteiger partial charge is 1.00 e. The van der Waals surface area contributed by atoms with Crippen LogP contribution < -0.4 is 34.7 Å². The van der Waals surface area contributed by atoms with E-state index >= 15 is 0 Å². The first-order valence-electron chi connectivity index (χ1n) is 9.63. The van der Waals surface area contributed by atoms with Gasteiger partial charge in [0, 0.05) is 18.3 Å². The van der Waals surface area contributed by atoms with Crippen LogP contribution >= 0.6 is 0 Å². The molecule has 26 heavy (non-hydrogen) atoms. The van der Waals surface area contributed by atoms with E-state index in [1.807, 2.05) is 0 Å². The molecule has 2 rings (SSSR count). The Labute approximate surface area is 178 Å². The second-order valence-corrected chi connectivity index (χ2v) is 7.19. The maximum atomic E-state index is 14.8. The number of halogens is 1. The molecule has 2 unspecified atom stereocenters. The molecular weight excluding hydrogens is 346 g/mol. The Hall–Kier alpha value is -0.520. The first-order valence-corrected chi connectivity index (χ1v) is 9.63. The van der Waals surface area contributed by atoms with Crippen molar-refractivity contribution in [3.05, 3.63) is 23.7 Å². The Morgan fingerprint density at radius 3 is 2.73 bits per heavy atom. The molecule has 0 aromatic carbocycles. The number of alkyl halides is 1. The van der Waals surface area contributed by atoms with E-state index < -0.39 is 12.1 Å². The molecule has 1 saturated heterocycles. The molecule has 1 aliphatic heterocycles. The smallest absolute Gasteiger partial charge is 0.550 e. The number of carbonyl (C=O) groups excluding carboxylic acids is 1. The predicted molar refractivity (Wildman–Crippen MR) is 92.4 cm³/mol. The molecule has 0 spiro atoms. The van der Waals surface area contributed by atoms with Crippen LogP contribution in [0.4, 0.5) is 4.39 Å². The second kappa shape index (κ2) is 12.0. The summed E-state index contributed by atoms with van der Waals surface area (Å²) >= 11 is 0. The van der Waals surface area contributed by atoms with Crippen LogP contribution in [0.2, 0.25) is 0 Å². The number of ether oxygens (including phenoxy) is 1. The third-order valence-corrected chi connectivity index (χ3v) is 5.26. The molecule has 1 heterocycles. The topological polar surface area (TPSA) is 69.6 Å². The Balaban J connectivity index is 0.00000338. The van der Waals surface area contributed by atoms with Gasteiger partial charge in [-0.2, -0.15) is 0 Å². The fourth-order valence-corrected chi connectivity index (χ4v) is 3.90. The molecular formula is C20H30FNaO4. The average Bonchev–Trinajstić information content (AvgIpc) is 3.11. The number of aliphatic hydroxyl groups is 1. The standard InChI is InChI=1S/C20H31FO4.Na/c1-2-3-4-5-6-7-9-14-12-13-16-18(14)19(21)20(25-16)15(22)10-8-11-17(23)24;/h7,9,14,16,18-19,22H,2-6,8,10-13H2,1H3,(H,23,24);/q;+1/p-1/t14-,16?,18+,19?;/m0./s1. The van der Waals surface area contributed by atoms with Crippen LogP contribution in [-0.2, 0) is 9.53 Å². The number of rotatable bonds is 10. The molecule has 1 saturated carbocycles. The van der Waals surface area contributed by atoms with E-state index in [0.29, 0.717) is 0 Å². The van der Waals surface area contributed by atoms with E-state index in [1.165, 1.54) is 25.7 Å². The zero-order valence-electron chi connectivity index (χ0n) is 16.1. The van der Waals surface area contributed by atoms with Crippen LogP contribution in [0.5, 0.6) is 0 Å². The molecule has 0 aromatic heterocycles. The van der Waals surface area contributed by atoms with Gasteiger partial charge in [-0.1, -0.05) is 38.3 Å². The van der Waals surface area contributed by atoms with E-state index in [9.17, 15) is 19.4 Å². The summed E-state index contributed by atoms with van der Waals surface area (Å²) in [7, 11) is 0. The van der Waals surface area contributed by atoms with Crippen molar-refractivity contribution in [2.75, 3.05) is 0 Å². The van der Waals surface area contributed by atoms with Gasteiger partial charge in [-0.3, -0.25) is 0 Å². The van der Waals surface area contributed by atoms with E-state index in [2.05, 4.69) is 19.1 Å². The molecule has 1 N–H and O–H groups in total. The number of carboxylic acid groups (broad SMARTS) is 1. The summed E-state index contributed by atoms with van der Waals surface area (Å²) in [5.74, 6) is -1.37. The number of carboxylic acids is 1. The van der Waals surface area contributed by atoms with Gasteiger partial charge in [0.25, 0.3) is 0 Å². The molecule has 4 nitrogen and oxygen atoms in total. The fraction of sp³-hybridized carbons (Fsp3) is 0.750. The van der Waals surface area contributed by atoms with Crippen molar-refractivity contribution in [3.63, 3.8) is 0 Å². The van der Waals surface area contributed by atoms with Gasteiger partial charge in [0.1, 0.15) is 11.9 Å². The van der Waals surface area contributed by atoms with Crippen molar-refractivity contribution in [3.8, 4) is 0 Å². The average molecular weight is 376 g/mol. The third-order valence-electron chi connectivity index (χ3n) is 5.26. The SMILES string of the molecule is CCCCCCC=C[C@H]1CCC2OC(=C(O)CCCC(=O)[O-])C(F)[C@@H]21.[Na+]. The van der Waals surface area contributed by atoms with Crippen molar-refractivity contribution in [1.82, 2.24) is 0 Å². The van der Waals surface area contributed by atoms with E-state index in [4.69, 9.17) is 4.74 Å². The monoisotopic (exact) mass is 376 g/mol. The minimum atomic E-state index is -1.30. The first kappa shape index (κ1) is 23.5. The van der Waals surface area contributed by atoms with Gasteiger partial charge in [-0.05, 0) is 44.4 Å². The minimum Gasteiger partial charge on any atom is -0.550 e. The number of fused-ring (bicyclic) bond motifs is 1. The maximum absolute atomic E-state index is 14.8. The van der Waals surface area contributed by atoms with E-state index in [-0.39, 0.29) is 78.3 Å². The Kier molecular flexibility index (Phi) is 10.9. The minimum absolute atomic E-state index is 0. The number of aliphatic carboxylic acids is 1. The number of aliphatic hydroxyl groups excluding tert-OH is 1. The third kappa shape index (κ3) is 6.58. The summed E-state index contributed by atoms with van der Waals surface area (Å²) in [5, 5.41) is 20.5. The van der Waals surface area contributed by atoms with Crippen LogP contribution in [0, 0.1) is 11.8 Å². The van der Waals surface area contributed by atoms with Crippen LogP contribution in [0.15, 0.2) is 23.7 Å². The molecule has 6 heteroatoms. The molecule has 4 atom stereocenters. The quantitative estimate of drug-likeness (QED) is 0.267.